The summed E-state index contributed by atoms with van der Waals surface area (Å²) in [7, 11) is 0. The molecular weight excluding hydrogens is 1120 g/mol. The fourth-order valence-corrected chi connectivity index (χ4v) is 19.4. The minimum atomic E-state index is -1.54. The summed E-state index contributed by atoms with van der Waals surface area (Å²) in [5.41, 5.74) is 0. The van der Waals surface area contributed by atoms with Gasteiger partial charge in [0.1, 0.15) is 0 Å². The Kier molecular flexibility index (Phi) is 29.7. The molecule has 15 heteroatoms. The highest BCUT2D eigenvalue weighted by Crippen LogP contribution is 2.48. The van der Waals surface area contributed by atoms with E-state index in [1.807, 2.05) is 20.8 Å². The maximum Gasteiger partial charge on any atom is 0.160 e. The maximum absolute atomic E-state index is 14.7. The van der Waals surface area contributed by atoms with E-state index in [4.69, 9.17) is 28.4 Å². The predicted octanol–water partition coefficient (Wildman–Crippen LogP) is 17.8. The van der Waals surface area contributed by atoms with Crippen molar-refractivity contribution in [3.63, 3.8) is 0 Å². The monoisotopic (exact) mass is 1260 g/mol. The van der Waals surface area contributed by atoms with Gasteiger partial charge in [0.25, 0.3) is 0 Å². The molecule has 6 N–H and O–H groups in total. The van der Waals surface area contributed by atoms with E-state index in [1.54, 1.807) is 0 Å². The van der Waals surface area contributed by atoms with Crippen molar-refractivity contribution in [2.24, 2.45) is 88.8 Å². The Bertz CT molecular complexity index is 1700. The van der Waals surface area contributed by atoms with Crippen LogP contribution in [0, 0.1) is 88.8 Å². The van der Waals surface area contributed by atoms with Crippen LogP contribution in [0.2, 0.25) is 0 Å². The van der Waals surface area contributed by atoms with Crippen LogP contribution in [-0.4, -0.2) is 128 Å². The molecule has 3 heterocycles. The molecule has 0 aromatic heterocycles. The number of fused-ring (bicyclic) bond motifs is 3. The molecule has 0 radical (unpaired) electrons. The summed E-state index contributed by atoms with van der Waals surface area (Å²) in [6.45, 7) is 14.9. The number of hydrogen-bond donors (Lipinski definition) is 0. The van der Waals surface area contributed by atoms with Gasteiger partial charge >= 0.3 is 0 Å². The van der Waals surface area contributed by atoms with Crippen molar-refractivity contribution >= 4 is 0 Å². The SMILES string of the molecule is CC1CCC(C2CCC(COC3CC4CCC(C)OC4C(F)C3F)CC2)CC1.CC1CCC(C2CCC(COC3CC4CCC(C)OC4C(F)C3F)CC2)CC1.CC1CCC(C2CCC(COC3CC4CCC(C)OC4C(F)C3F)CC2)CC1.O.O.O.[HH].[HH].[HH].[HH].[HH].[HH]. The summed E-state index contributed by atoms with van der Waals surface area (Å²) in [6.07, 6.45) is 27.0. The second-order valence-corrected chi connectivity index (χ2v) is 31.6. The van der Waals surface area contributed by atoms with E-state index in [0.29, 0.717) is 56.8 Å². The number of rotatable bonds is 12. The molecule has 0 aromatic carbocycles. The Morgan fingerprint density at radius 3 is 0.678 bits per heavy atom. The van der Waals surface area contributed by atoms with Crippen molar-refractivity contribution in [2.45, 2.75) is 345 Å². The lowest BCUT2D eigenvalue weighted by atomic mass is 9.69. The van der Waals surface area contributed by atoms with E-state index < -0.39 is 73.7 Å². The normalized spacial score (nSPS) is 48.4. The summed E-state index contributed by atoms with van der Waals surface area (Å²) in [5.74, 6) is 10.2. The predicted molar refractivity (Wildman–Crippen MR) is 347 cm³/mol. The van der Waals surface area contributed by atoms with Gasteiger partial charge in [-0.15, -0.1) is 0 Å². The molecule has 9 saturated carbocycles. The zero-order chi connectivity index (χ0) is 59.0. The first-order valence-corrected chi connectivity index (χ1v) is 36.2. The van der Waals surface area contributed by atoms with Gasteiger partial charge in [0.05, 0.1) is 54.9 Å². The largest absolute Gasteiger partial charge is 0.412 e. The molecule has 18 unspecified atom stereocenters. The van der Waals surface area contributed by atoms with Crippen LogP contribution in [0.15, 0.2) is 0 Å². The first-order valence-electron chi connectivity index (χ1n) is 36.2. The molecule has 0 aromatic rings. The second-order valence-electron chi connectivity index (χ2n) is 31.6. The molecule has 3 saturated heterocycles. The maximum atomic E-state index is 14.7. The summed E-state index contributed by atoms with van der Waals surface area (Å²) >= 11 is 0. The smallest absolute Gasteiger partial charge is 0.160 e. The van der Waals surface area contributed by atoms with E-state index in [9.17, 15) is 26.3 Å². The number of hydrogen-bond acceptors (Lipinski definition) is 6. The lowest BCUT2D eigenvalue weighted by Crippen LogP contribution is -2.54. The van der Waals surface area contributed by atoms with Crippen LogP contribution in [0.3, 0.4) is 0 Å². The number of halogens is 6. The van der Waals surface area contributed by atoms with Crippen molar-refractivity contribution in [3.05, 3.63) is 0 Å². The van der Waals surface area contributed by atoms with Crippen LogP contribution in [-0.2, 0) is 28.4 Å². The van der Waals surface area contributed by atoms with Crippen LogP contribution in [0.25, 0.3) is 0 Å². The Labute approximate surface area is 532 Å². The molecule has 9 nitrogen and oxygen atoms in total. The first kappa shape index (κ1) is 73.6. The zero-order valence-corrected chi connectivity index (χ0v) is 55.0. The molecular formula is C72H138F6O9. The minimum Gasteiger partial charge on any atom is -0.412 e. The third kappa shape index (κ3) is 19.7. The van der Waals surface area contributed by atoms with Crippen LogP contribution in [0.1, 0.15) is 262 Å². The molecule has 12 fully saturated rings. The first-order chi connectivity index (χ1) is 40.5. The fraction of sp³-hybridized carbons (Fsp3) is 1.00. The quantitative estimate of drug-likeness (QED) is 0.178. The van der Waals surface area contributed by atoms with Crippen LogP contribution in [0.5, 0.6) is 0 Å². The van der Waals surface area contributed by atoms with Gasteiger partial charge in [-0.05, 0) is 283 Å². The van der Waals surface area contributed by atoms with Gasteiger partial charge in [-0.25, -0.2) is 26.3 Å². The summed E-state index contributed by atoms with van der Waals surface area (Å²) < 4.78 is 123. The summed E-state index contributed by atoms with van der Waals surface area (Å²) in [6, 6.07) is 0. The third-order valence-electron chi connectivity index (χ3n) is 25.4. The molecule has 0 amide bonds. The van der Waals surface area contributed by atoms with Gasteiger partial charge in [0, 0.05) is 28.4 Å². The van der Waals surface area contributed by atoms with Crippen molar-refractivity contribution in [1.29, 1.82) is 0 Å². The van der Waals surface area contributed by atoms with Crippen molar-refractivity contribution in [3.8, 4) is 0 Å². The van der Waals surface area contributed by atoms with Gasteiger partial charge in [0.15, 0.2) is 37.0 Å². The lowest BCUT2D eigenvalue weighted by molar-refractivity contribution is -0.181. The number of ether oxygens (including phenoxy) is 6. The zero-order valence-electron chi connectivity index (χ0n) is 55.0. The van der Waals surface area contributed by atoms with Gasteiger partial charge in [0.2, 0.25) is 0 Å². The molecule has 0 bridgehead atoms. The highest BCUT2D eigenvalue weighted by molar-refractivity contribution is 5.00. The molecule has 12 rings (SSSR count). The van der Waals surface area contributed by atoms with Crippen molar-refractivity contribution in [2.75, 3.05) is 19.8 Å². The molecule has 87 heavy (non-hydrogen) atoms. The second kappa shape index (κ2) is 35.1. The Morgan fingerprint density at radius 2 is 0.460 bits per heavy atom. The van der Waals surface area contributed by atoms with Gasteiger partial charge in [-0.3, -0.25) is 0 Å². The van der Waals surface area contributed by atoms with E-state index >= 15 is 0 Å². The van der Waals surface area contributed by atoms with Gasteiger partial charge in [-0.1, -0.05) is 59.3 Å². The third-order valence-corrected chi connectivity index (χ3v) is 25.4. The highest BCUT2D eigenvalue weighted by Gasteiger charge is 2.52. The van der Waals surface area contributed by atoms with Crippen LogP contribution < -0.4 is 0 Å². The van der Waals surface area contributed by atoms with Crippen LogP contribution >= 0.6 is 0 Å². The highest BCUT2D eigenvalue weighted by atomic mass is 19.2. The Morgan fingerprint density at radius 1 is 0.264 bits per heavy atom. The van der Waals surface area contributed by atoms with E-state index in [-0.39, 0.29) is 61.1 Å². The average molecular weight is 1260 g/mol. The van der Waals surface area contributed by atoms with Gasteiger partial charge in [-0.2, -0.15) is 0 Å². The molecule has 0 spiro atoms. The lowest BCUT2D eigenvalue weighted by Gasteiger charge is -2.45. The molecule has 18 atom stereocenters. The Balaban J connectivity index is 0.000000665. The van der Waals surface area contributed by atoms with Crippen molar-refractivity contribution < 1.29 is 79.8 Å². The average Bonchev–Trinajstić information content (AvgIpc) is 0.829. The topological polar surface area (TPSA) is 150 Å². The Hall–Kier alpha value is -0.780. The van der Waals surface area contributed by atoms with E-state index in [1.165, 1.54) is 154 Å². The molecule has 522 valence electrons. The molecule has 3 aliphatic heterocycles. The minimum absolute atomic E-state index is 0. The summed E-state index contributed by atoms with van der Waals surface area (Å²) in [4.78, 5) is 0. The standard InChI is InChI=1S/3C24H40F2O2.3H2O.6H2/c3*1-15-3-8-18(9-4-15)19-11-6-17(7-12-19)14-27-21-13-20-10-5-16(2)28-24(20)23(26)22(21)25;;;;;;;;;/h3*15-24H,3-14H2,1-2H3;3*1H2;6*1H. The fourth-order valence-electron chi connectivity index (χ4n) is 19.4. The van der Waals surface area contributed by atoms with E-state index in [0.717, 1.165) is 91.8 Å². The number of alkyl halides is 6. The van der Waals surface area contributed by atoms with Crippen LogP contribution in [0.4, 0.5) is 26.3 Å². The summed E-state index contributed by atoms with van der Waals surface area (Å²) in [5, 5.41) is 0. The van der Waals surface area contributed by atoms with E-state index in [2.05, 4.69) is 20.8 Å². The molecule has 9 aliphatic carbocycles. The van der Waals surface area contributed by atoms with Gasteiger partial charge < -0.3 is 44.8 Å². The van der Waals surface area contributed by atoms with Crippen molar-refractivity contribution in [1.82, 2.24) is 0 Å². The molecule has 12 aliphatic rings.